The Kier molecular flexibility index (Phi) is 4.56. The average Bonchev–Trinajstić information content (AvgIpc) is 2.62. The number of hydrogen-bond donors (Lipinski definition) is 0. The first-order valence-corrected chi connectivity index (χ1v) is 7.87. The molecule has 3 rings (SSSR count). The predicted molar refractivity (Wildman–Crippen MR) is 94.2 cm³/mol. The van der Waals surface area contributed by atoms with Gasteiger partial charge in [0.15, 0.2) is 0 Å². The van der Waals surface area contributed by atoms with E-state index in [4.69, 9.17) is 9.47 Å². The molecule has 0 radical (unpaired) electrons. The fourth-order valence-corrected chi connectivity index (χ4v) is 2.74. The number of amides is 2. The van der Waals surface area contributed by atoms with E-state index in [1.165, 1.54) is 0 Å². The lowest BCUT2D eigenvalue weighted by molar-refractivity contribution is 0.219. The first kappa shape index (κ1) is 16.8. The van der Waals surface area contributed by atoms with Gasteiger partial charge in [-0.2, -0.15) is 0 Å². The summed E-state index contributed by atoms with van der Waals surface area (Å²) >= 11 is 0. The zero-order chi connectivity index (χ0) is 18.0. The van der Waals surface area contributed by atoms with Crippen LogP contribution in [0.15, 0.2) is 36.7 Å². The normalized spacial score (nSPS) is 14.0. The molecule has 7 nitrogen and oxygen atoms in total. The van der Waals surface area contributed by atoms with Crippen molar-refractivity contribution in [3.8, 4) is 11.5 Å². The third-order valence-corrected chi connectivity index (χ3v) is 3.91. The summed E-state index contributed by atoms with van der Waals surface area (Å²) in [6, 6.07) is 5.11. The molecular weight excluding hydrogens is 320 g/mol. The maximum atomic E-state index is 13.1. The van der Waals surface area contributed by atoms with E-state index in [2.05, 4.69) is 9.97 Å². The minimum atomic E-state index is -0.202. The summed E-state index contributed by atoms with van der Waals surface area (Å²) in [4.78, 5) is 25.0. The van der Waals surface area contributed by atoms with Gasteiger partial charge in [-0.1, -0.05) is 6.08 Å². The molecule has 7 heteroatoms. The molecule has 1 aliphatic rings. The van der Waals surface area contributed by atoms with Gasteiger partial charge in [-0.05, 0) is 26.0 Å². The minimum Gasteiger partial charge on any atom is -0.497 e. The summed E-state index contributed by atoms with van der Waals surface area (Å²) in [6.45, 7) is 4.09. The van der Waals surface area contributed by atoms with Crippen molar-refractivity contribution in [1.82, 2.24) is 14.9 Å². The van der Waals surface area contributed by atoms with Gasteiger partial charge in [-0.25, -0.2) is 19.7 Å². The lowest BCUT2D eigenvalue weighted by Gasteiger charge is -2.34. The highest BCUT2D eigenvalue weighted by atomic mass is 16.5. The first-order chi connectivity index (χ1) is 12.1. The summed E-state index contributed by atoms with van der Waals surface area (Å²) < 4.78 is 10.7. The Hall–Kier alpha value is -3.09. The molecule has 2 heterocycles. The number of benzene rings is 1. The van der Waals surface area contributed by atoms with Gasteiger partial charge in [0.05, 0.1) is 26.5 Å². The maximum absolute atomic E-state index is 13.1. The fourth-order valence-electron chi connectivity index (χ4n) is 2.74. The predicted octanol–water partition coefficient (Wildman–Crippen LogP) is 3.41. The van der Waals surface area contributed by atoms with Crippen molar-refractivity contribution in [1.29, 1.82) is 0 Å². The molecule has 0 fully saturated rings. The van der Waals surface area contributed by atoms with Crippen LogP contribution in [0, 0.1) is 6.92 Å². The topological polar surface area (TPSA) is 67.8 Å². The molecule has 0 atom stereocenters. The zero-order valence-corrected chi connectivity index (χ0v) is 14.7. The van der Waals surface area contributed by atoms with Gasteiger partial charge in [0.1, 0.15) is 23.1 Å². The van der Waals surface area contributed by atoms with Crippen molar-refractivity contribution in [3.05, 3.63) is 48.1 Å². The van der Waals surface area contributed by atoms with E-state index < -0.39 is 0 Å². The lowest BCUT2D eigenvalue weighted by atomic mass is 10.1. The Morgan fingerprint density at radius 2 is 2.04 bits per heavy atom. The highest BCUT2D eigenvalue weighted by Gasteiger charge is 2.33. The number of aryl methyl sites for hydroxylation is 1. The molecule has 0 N–H and O–H groups in total. The number of aromatic nitrogens is 2. The van der Waals surface area contributed by atoms with Crippen LogP contribution >= 0.6 is 0 Å². The van der Waals surface area contributed by atoms with Crippen LogP contribution in [0.1, 0.15) is 18.3 Å². The highest BCUT2D eigenvalue weighted by Crippen LogP contribution is 2.40. The van der Waals surface area contributed by atoms with Crippen LogP contribution in [0.5, 0.6) is 11.5 Å². The molecule has 25 heavy (non-hydrogen) atoms. The van der Waals surface area contributed by atoms with Gasteiger partial charge in [0, 0.05) is 24.0 Å². The summed E-state index contributed by atoms with van der Waals surface area (Å²) in [7, 11) is 3.14. The molecule has 0 aliphatic carbocycles. The standard InChI is InChI=1S/C18H20N4O3/c1-5-8-21-11-13-10-19-12(2)20-17(13)22(18(21)23)15-7-6-14(24-3)9-16(15)25-4/h5-10H,11H2,1-4H3/b8-5-. The number of nitrogens with zero attached hydrogens (tertiary/aromatic N) is 4. The van der Waals surface area contributed by atoms with E-state index in [0.717, 1.165) is 5.56 Å². The molecule has 1 aromatic heterocycles. The molecule has 2 amide bonds. The van der Waals surface area contributed by atoms with Crippen molar-refractivity contribution in [2.75, 3.05) is 19.1 Å². The number of hydrogen-bond acceptors (Lipinski definition) is 5. The smallest absolute Gasteiger partial charge is 0.334 e. The van der Waals surface area contributed by atoms with Crippen molar-refractivity contribution in [3.63, 3.8) is 0 Å². The zero-order valence-electron chi connectivity index (χ0n) is 14.7. The number of ether oxygens (including phenoxy) is 2. The molecule has 2 aromatic rings. The molecule has 1 aromatic carbocycles. The Bertz CT molecular complexity index is 835. The van der Waals surface area contributed by atoms with Gasteiger partial charge in [-0.15, -0.1) is 0 Å². The Labute approximate surface area is 146 Å². The largest absolute Gasteiger partial charge is 0.497 e. The van der Waals surface area contributed by atoms with Gasteiger partial charge >= 0.3 is 6.03 Å². The Morgan fingerprint density at radius 3 is 2.72 bits per heavy atom. The van der Waals surface area contributed by atoms with E-state index in [-0.39, 0.29) is 6.03 Å². The molecule has 0 bridgehead atoms. The first-order valence-electron chi connectivity index (χ1n) is 7.87. The van der Waals surface area contributed by atoms with Crippen molar-refractivity contribution < 1.29 is 14.3 Å². The molecular formula is C18H20N4O3. The Balaban J connectivity index is 2.19. The summed E-state index contributed by atoms with van der Waals surface area (Å²) in [6.07, 6.45) is 5.32. The molecule has 0 saturated heterocycles. The second-order valence-electron chi connectivity index (χ2n) is 5.53. The minimum absolute atomic E-state index is 0.202. The van der Waals surface area contributed by atoms with Crippen LogP contribution in [-0.2, 0) is 6.54 Å². The number of anilines is 2. The summed E-state index contributed by atoms with van der Waals surface area (Å²) in [5.41, 5.74) is 1.46. The highest BCUT2D eigenvalue weighted by molar-refractivity contribution is 6.02. The lowest BCUT2D eigenvalue weighted by Crippen LogP contribution is -2.42. The van der Waals surface area contributed by atoms with Crippen LogP contribution in [-0.4, -0.2) is 35.1 Å². The van der Waals surface area contributed by atoms with Crippen LogP contribution in [0.2, 0.25) is 0 Å². The third kappa shape index (κ3) is 3.00. The van der Waals surface area contributed by atoms with E-state index in [1.54, 1.807) is 61.5 Å². The van der Waals surface area contributed by atoms with Crippen LogP contribution in [0.4, 0.5) is 16.3 Å². The van der Waals surface area contributed by atoms with Crippen LogP contribution in [0.25, 0.3) is 0 Å². The Morgan fingerprint density at radius 1 is 1.24 bits per heavy atom. The summed E-state index contributed by atoms with van der Waals surface area (Å²) in [5.74, 6) is 2.34. The van der Waals surface area contributed by atoms with Gasteiger partial charge < -0.3 is 9.47 Å². The quantitative estimate of drug-likeness (QED) is 0.853. The average molecular weight is 340 g/mol. The van der Waals surface area contributed by atoms with Crippen molar-refractivity contribution in [2.45, 2.75) is 20.4 Å². The van der Waals surface area contributed by atoms with E-state index in [0.29, 0.717) is 35.4 Å². The molecule has 0 spiro atoms. The fraction of sp³-hybridized carbons (Fsp3) is 0.278. The maximum Gasteiger partial charge on any atom is 0.334 e. The van der Waals surface area contributed by atoms with Crippen molar-refractivity contribution in [2.24, 2.45) is 0 Å². The molecule has 1 aliphatic heterocycles. The van der Waals surface area contributed by atoms with E-state index >= 15 is 0 Å². The monoisotopic (exact) mass is 340 g/mol. The van der Waals surface area contributed by atoms with Gasteiger partial charge in [-0.3, -0.25) is 4.90 Å². The third-order valence-electron chi connectivity index (χ3n) is 3.91. The second-order valence-corrected chi connectivity index (χ2v) is 5.53. The number of carbonyl (C=O) groups excluding carboxylic acids is 1. The van der Waals surface area contributed by atoms with Crippen LogP contribution in [0.3, 0.4) is 0 Å². The number of methoxy groups -OCH3 is 2. The molecule has 0 saturated carbocycles. The number of rotatable bonds is 4. The number of urea groups is 1. The number of allylic oxidation sites excluding steroid dienone is 1. The summed E-state index contributed by atoms with van der Waals surface area (Å²) in [5, 5.41) is 0. The molecule has 130 valence electrons. The van der Waals surface area contributed by atoms with Crippen molar-refractivity contribution >= 4 is 17.5 Å². The number of carbonyl (C=O) groups is 1. The van der Waals surface area contributed by atoms with Gasteiger partial charge in [0.25, 0.3) is 0 Å². The second kappa shape index (κ2) is 6.80. The van der Waals surface area contributed by atoms with Crippen LogP contribution < -0.4 is 14.4 Å². The van der Waals surface area contributed by atoms with Gasteiger partial charge in [0.2, 0.25) is 0 Å². The van der Waals surface area contributed by atoms with E-state index in [1.807, 2.05) is 13.0 Å². The molecule has 0 unspecified atom stereocenters. The van der Waals surface area contributed by atoms with E-state index in [9.17, 15) is 4.79 Å². The SMILES string of the molecule is C/C=C\N1Cc2cnc(C)nc2N(c2ccc(OC)cc2OC)C1=O. The number of fused-ring (bicyclic) bond motifs is 1.